The first-order chi connectivity index (χ1) is 24.8. The molecular formula is C45H27N3OS. The van der Waals surface area contributed by atoms with E-state index in [4.69, 9.17) is 19.4 Å². The Labute approximate surface area is 292 Å². The summed E-state index contributed by atoms with van der Waals surface area (Å²) in [7, 11) is 0. The van der Waals surface area contributed by atoms with E-state index in [-0.39, 0.29) is 0 Å². The van der Waals surface area contributed by atoms with E-state index >= 15 is 0 Å². The molecule has 0 atom stereocenters. The van der Waals surface area contributed by atoms with Crippen molar-refractivity contribution in [1.82, 2.24) is 15.0 Å². The van der Waals surface area contributed by atoms with E-state index in [0.717, 1.165) is 65.6 Å². The average Bonchev–Trinajstić information content (AvgIpc) is 3.76. The van der Waals surface area contributed by atoms with Gasteiger partial charge >= 0.3 is 0 Å². The quantitative estimate of drug-likeness (QED) is 0.185. The average molecular weight is 658 g/mol. The van der Waals surface area contributed by atoms with Crippen LogP contribution in [0.3, 0.4) is 0 Å². The molecule has 234 valence electrons. The highest BCUT2D eigenvalue weighted by atomic mass is 32.1. The first-order valence-corrected chi connectivity index (χ1v) is 17.4. The highest BCUT2D eigenvalue weighted by molar-refractivity contribution is 7.26. The van der Waals surface area contributed by atoms with Gasteiger partial charge in [-0.05, 0) is 52.6 Å². The molecule has 4 nitrogen and oxygen atoms in total. The van der Waals surface area contributed by atoms with E-state index in [1.54, 1.807) is 11.3 Å². The third kappa shape index (κ3) is 4.71. The number of aromatic nitrogens is 3. The Bertz CT molecular complexity index is 2890. The number of rotatable bonds is 5. The summed E-state index contributed by atoms with van der Waals surface area (Å²) in [6.45, 7) is 0. The SMILES string of the molecule is c1ccc(-c2ccccc2-c2nc(-c3ccccc3-c3ccc4c(c3)oc3ccccc34)nc(-c3cccc4c3sc3ccccc34)n2)cc1. The molecule has 0 fully saturated rings. The van der Waals surface area contributed by atoms with Crippen molar-refractivity contribution in [3.05, 3.63) is 164 Å². The zero-order valence-electron chi connectivity index (χ0n) is 26.7. The molecule has 0 saturated carbocycles. The summed E-state index contributed by atoms with van der Waals surface area (Å²) >= 11 is 1.78. The fraction of sp³-hybridized carbons (Fsp3) is 0. The summed E-state index contributed by atoms with van der Waals surface area (Å²) in [6.07, 6.45) is 0. The zero-order chi connectivity index (χ0) is 33.0. The molecule has 0 amide bonds. The molecule has 0 aliphatic heterocycles. The Hall–Kier alpha value is -6.43. The lowest BCUT2D eigenvalue weighted by atomic mass is 9.97. The number of furan rings is 1. The summed E-state index contributed by atoms with van der Waals surface area (Å²) in [5.41, 5.74) is 8.84. The van der Waals surface area contributed by atoms with Crippen molar-refractivity contribution in [1.29, 1.82) is 0 Å². The number of benzene rings is 7. The van der Waals surface area contributed by atoms with E-state index in [1.165, 1.54) is 15.5 Å². The minimum absolute atomic E-state index is 0.617. The monoisotopic (exact) mass is 657 g/mol. The van der Waals surface area contributed by atoms with Gasteiger partial charge in [-0.2, -0.15) is 0 Å². The lowest BCUT2D eigenvalue weighted by Gasteiger charge is -2.14. The summed E-state index contributed by atoms with van der Waals surface area (Å²) in [5, 5.41) is 4.66. The third-order valence-corrected chi connectivity index (χ3v) is 10.6. The Balaban J connectivity index is 1.22. The lowest BCUT2D eigenvalue weighted by molar-refractivity contribution is 0.669. The van der Waals surface area contributed by atoms with Crippen molar-refractivity contribution in [2.75, 3.05) is 0 Å². The maximum Gasteiger partial charge on any atom is 0.165 e. The Morgan fingerprint density at radius 3 is 1.66 bits per heavy atom. The zero-order valence-corrected chi connectivity index (χ0v) is 27.6. The van der Waals surface area contributed by atoms with Gasteiger partial charge in [0, 0.05) is 47.6 Å². The molecule has 0 N–H and O–H groups in total. The number of fused-ring (bicyclic) bond motifs is 6. The molecule has 10 aromatic rings. The van der Waals surface area contributed by atoms with E-state index in [9.17, 15) is 0 Å². The molecule has 0 aliphatic carbocycles. The van der Waals surface area contributed by atoms with Crippen LogP contribution in [0.1, 0.15) is 0 Å². The summed E-state index contributed by atoms with van der Waals surface area (Å²) in [6, 6.07) is 56.7. The van der Waals surface area contributed by atoms with Crippen LogP contribution in [-0.4, -0.2) is 15.0 Å². The topological polar surface area (TPSA) is 51.8 Å². The molecule has 5 heteroatoms. The minimum atomic E-state index is 0.617. The van der Waals surface area contributed by atoms with Crippen LogP contribution in [0, 0.1) is 0 Å². The van der Waals surface area contributed by atoms with Crippen LogP contribution in [0.15, 0.2) is 168 Å². The van der Waals surface area contributed by atoms with Crippen LogP contribution in [0.2, 0.25) is 0 Å². The fourth-order valence-corrected chi connectivity index (χ4v) is 8.24. The van der Waals surface area contributed by atoms with E-state index in [0.29, 0.717) is 17.5 Å². The van der Waals surface area contributed by atoms with Gasteiger partial charge in [0.05, 0.1) is 0 Å². The number of hydrogen-bond acceptors (Lipinski definition) is 5. The maximum absolute atomic E-state index is 6.29. The Morgan fingerprint density at radius 1 is 0.360 bits per heavy atom. The van der Waals surface area contributed by atoms with Crippen LogP contribution >= 0.6 is 11.3 Å². The van der Waals surface area contributed by atoms with Crippen molar-refractivity contribution in [3.63, 3.8) is 0 Å². The second-order valence-electron chi connectivity index (χ2n) is 12.4. The second kappa shape index (κ2) is 11.6. The van der Waals surface area contributed by atoms with Crippen molar-refractivity contribution in [3.8, 4) is 56.4 Å². The summed E-state index contributed by atoms with van der Waals surface area (Å²) in [5.74, 6) is 1.89. The highest BCUT2D eigenvalue weighted by Gasteiger charge is 2.20. The van der Waals surface area contributed by atoms with Crippen LogP contribution in [0.4, 0.5) is 0 Å². The van der Waals surface area contributed by atoms with E-state index in [1.807, 2.05) is 36.4 Å². The molecule has 0 spiro atoms. The molecule has 0 radical (unpaired) electrons. The molecule has 10 rings (SSSR count). The molecule has 0 bridgehead atoms. The van der Waals surface area contributed by atoms with Gasteiger partial charge in [0.25, 0.3) is 0 Å². The highest BCUT2D eigenvalue weighted by Crippen LogP contribution is 2.41. The molecule has 3 aromatic heterocycles. The van der Waals surface area contributed by atoms with Gasteiger partial charge in [0.1, 0.15) is 11.2 Å². The summed E-state index contributed by atoms with van der Waals surface area (Å²) in [4.78, 5) is 15.8. The largest absolute Gasteiger partial charge is 0.456 e. The molecule has 0 unspecified atom stereocenters. The molecule has 7 aromatic carbocycles. The Morgan fingerprint density at radius 2 is 0.900 bits per heavy atom. The predicted octanol–water partition coefficient (Wildman–Crippen LogP) is 12.5. The van der Waals surface area contributed by atoms with Crippen molar-refractivity contribution in [2.24, 2.45) is 0 Å². The van der Waals surface area contributed by atoms with Crippen LogP contribution < -0.4 is 0 Å². The van der Waals surface area contributed by atoms with Gasteiger partial charge in [-0.25, -0.2) is 15.0 Å². The van der Waals surface area contributed by atoms with Gasteiger partial charge in [-0.1, -0.05) is 133 Å². The number of para-hydroxylation sites is 1. The predicted molar refractivity (Wildman–Crippen MR) is 207 cm³/mol. The molecule has 3 heterocycles. The smallest absolute Gasteiger partial charge is 0.165 e. The van der Waals surface area contributed by atoms with Crippen molar-refractivity contribution < 1.29 is 4.42 Å². The first-order valence-electron chi connectivity index (χ1n) is 16.6. The van der Waals surface area contributed by atoms with Crippen LogP contribution in [0.25, 0.3) is 98.5 Å². The minimum Gasteiger partial charge on any atom is -0.456 e. The second-order valence-corrected chi connectivity index (χ2v) is 13.4. The van der Waals surface area contributed by atoms with E-state index < -0.39 is 0 Å². The third-order valence-electron chi connectivity index (χ3n) is 9.39. The maximum atomic E-state index is 6.29. The number of nitrogens with zero attached hydrogens (tertiary/aromatic N) is 3. The lowest BCUT2D eigenvalue weighted by Crippen LogP contribution is -2.02. The van der Waals surface area contributed by atoms with E-state index in [2.05, 4.69) is 127 Å². The van der Waals surface area contributed by atoms with Gasteiger partial charge in [0.2, 0.25) is 0 Å². The van der Waals surface area contributed by atoms with Gasteiger partial charge in [-0.3, -0.25) is 0 Å². The van der Waals surface area contributed by atoms with Crippen LogP contribution in [-0.2, 0) is 0 Å². The number of hydrogen-bond donors (Lipinski definition) is 0. The summed E-state index contributed by atoms with van der Waals surface area (Å²) < 4.78 is 8.70. The molecule has 0 aliphatic rings. The fourth-order valence-electron chi connectivity index (χ4n) is 7.03. The molecular weight excluding hydrogens is 631 g/mol. The van der Waals surface area contributed by atoms with Gasteiger partial charge in [-0.15, -0.1) is 11.3 Å². The van der Waals surface area contributed by atoms with Crippen molar-refractivity contribution >= 4 is 53.4 Å². The molecule has 50 heavy (non-hydrogen) atoms. The normalized spacial score (nSPS) is 11.6. The first kappa shape index (κ1) is 28.6. The Kier molecular flexibility index (Phi) is 6.64. The number of thiophene rings is 1. The standard InChI is InChI=1S/C45H27N3OS/c1-2-13-28(14-3-1)30-15-4-6-19-36(30)43-46-44(48-45(47-43)38-22-12-21-35-34-18-9-11-24-41(34)50-42(35)38)37-20-7-5-16-31(37)29-25-26-33-32-17-8-10-23-39(32)49-40(33)27-29/h1-27H. The van der Waals surface area contributed by atoms with Crippen molar-refractivity contribution in [2.45, 2.75) is 0 Å². The van der Waals surface area contributed by atoms with Gasteiger partial charge < -0.3 is 4.42 Å². The van der Waals surface area contributed by atoms with Crippen LogP contribution in [0.5, 0.6) is 0 Å². The molecule has 0 saturated heterocycles. The van der Waals surface area contributed by atoms with Gasteiger partial charge in [0.15, 0.2) is 17.5 Å².